The molecule has 6 rings (SSSR count). The Morgan fingerprint density at radius 3 is 2.12 bits per heavy atom. The minimum atomic E-state index is -1.95. The van der Waals surface area contributed by atoms with Crippen molar-refractivity contribution in [2.24, 2.45) is 17.8 Å². The van der Waals surface area contributed by atoms with E-state index in [4.69, 9.17) is 4.43 Å². The highest BCUT2D eigenvalue weighted by molar-refractivity contribution is 6.74. The van der Waals surface area contributed by atoms with Crippen molar-refractivity contribution in [3.05, 3.63) is 53.6 Å². The molecule has 33 heavy (non-hydrogen) atoms. The largest absolute Gasteiger partial charge is 0.543 e. The molecular formula is C30H40O2Si. The summed E-state index contributed by atoms with van der Waals surface area (Å²) in [5, 5.41) is 0.174. The Labute approximate surface area is 201 Å². The van der Waals surface area contributed by atoms with Crippen molar-refractivity contribution in [1.82, 2.24) is 0 Å². The quantitative estimate of drug-likeness (QED) is 0.323. The first-order valence-corrected chi connectivity index (χ1v) is 15.9. The summed E-state index contributed by atoms with van der Waals surface area (Å²) in [5.41, 5.74) is 5.31. The van der Waals surface area contributed by atoms with Crippen molar-refractivity contribution in [2.75, 3.05) is 0 Å². The van der Waals surface area contributed by atoms with E-state index in [9.17, 15) is 4.79 Å². The lowest BCUT2D eigenvalue weighted by Gasteiger charge is -2.57. The molecule has 4 aliphatic rings. The lowest BCUT2D eigenvalue weighted by atomic mass is 9.48. The second-order valence-corrected chi connectivity index (χ2v) is 17.6. The van der Waals surface area contributed by atoms with Gasteiger partial charge in [-0.2, -0.15) is 0 Å². The van der Waals surface area contributed by atoms with Crippen LogP contribution in [-0.2, 0) is 16.6 Å². The topological polar surface area (TPSA) is 26.3 Å². The van der Waals surface area contributed by atoms with E-state index in [1.54, 1.807) is 0 Å². The standard InChI is InChI=1S/C30H40O2Si/c1-29(2,3)33(4,5)32-28-10-9-26(25-8-6-7-21(16-25)11-12-31)17-27(28)30-18-22-13-23(19-30)15-24(14-22)20-30/h6-10,12,16-17,22-24H,11,13-15,18-20H2,1-5H3. The van der Waals surface area contributed by atoms with Crippen molar-refractivity contribution < 1.29 is 9.22 Å². The summed E-state index contributed by atoms with van der Waals surface area (Å²) < 4.78 is 7.03. The molecule has 4 bridgehead atoms. The minimum absolute atomic E-state index is 0.174. The SMILES string of the molecule is CC(C)(C)[Si](C)(C)Oc1ccc(-c2cccc(CC=O)c2)cc1C12CC3CC(CC(C3)C1)C2. The second kappa shape index (κ2) is 8.11. The van der Waals surface area contributed by atoms with Gasteiger partial charge in [0.25, 0.3) is 0 Å². The van der Waals surface area contributed by atoms with Gasteiger partial charge in [-0.25, -0.2) is 0 Å². The Bertz CT molecular complexity index is 1010. The average Bonchev–Trinajstić information content (AvgIpc) is 2.72. The molecule has 0 spiro atoms. The third-order valence-corrected chi connectivity index (χ3v) is 13.7. The van der Waals surface area contributed by atoms with Gasteiger partial charge in [-0.1, -0.05) is 51.1 Å². The molecule has 4 fully saturated rings. The third kappa shape index (κ3) is 4.22. The van der Waals surface area contributed by atoms with Crippen molar-refractivity contribution in [3.8, 4) is 16.9 Å². The molecule has 0 aliphatic heterocycles. The van der Waals surface area contributed by atoms with E-state index in [0.717, 1.165) is 35.4 Å². The van der Waals surface area contributed by atoms with E-state index < -0.39 is 8.32 Å². The number of carbonyl (C=O) groups is 1. The molecule has 0 amide bonds. The van der Waals surface area contributed by atoms with Crippen LogP contribution in [0.4, 0.5) is 0 Å². The Morgan fingerprint density at radius 2 is 1.55 bits per heavy atom. The van der Waals surface area contributed by atoms with Crippen molar-refractivity contribution in [2.45, 2.75) is 89.3 Å². The maximum Gasteiger partial charge on any atom is 0.250 e. The molecule has 0 saturated heterocycles. The van der Waals surface area contributed by atoms with Gasteiger partial charge in [-0.3, -0.25) is 0 Å². The van der Waals surface area contributed by atoms with Crippen LogP contribution < -0.4 is 4.43 Å². The zero-order chi connectivity index (χ0) is 23.4. The molecule has 2 nitrogen and oxygen atoms in total. The van der Waals surface area contributed by atoms with Crippen LogP contribution in [0.25, 0.3) is 11.1 Å². The van der Waals surface area contributed by atoms with E-state index >= 15 is 0 Å². The van der Waals surface area contributed by atoms with E-state index in [2.05, 4.69) is 70.3 Å². The fourth-order valence-electron chi connectivity index (χ4n) is 7.06. The Kier molecular flexibility index (Phi) is 5.63. The van der Waals surface area contributed by atoms with Crippen LogP contribution in [-0.4, -0.2) is 14.6 Å². The Hall–Kier alpha value is -1.87. The van der Waals surface area contributed by atoms with Gasteiger partial charge >= 0.3 is 0 Å². The summed E-state index contributed by atoms with van der Waals surface area (Å²) in [5.74, 6) is 3.85. The molecule has 2 aromatic carbocycles. The summed E-state index contributed by atoms with van der Waals surface area (Å²) in [7, 11) is -1.95. The molecule has 0 atom stereocenters. The van der Waals surface area contributed by atoms with E-state index in [1.165, 1.54) is 55.2 Å². The lowest BCUT2D eigenvalue weighted by molar-refractivity contribution is -0.107. The van der Waals surface area contributed by atoms with Gasteiger partial charge in [0.1, 0.15) is 12.0 Å². The summed E-state index contributed by atoms with van der Waals surface area (Å²) in [4.78, 5) is 11.1. The molecule has 0 aromatic heterocycles. The number of benzene rings is 2. The Morgan fingerprint density at radius 1 is 0.939 bits per heavy atom. The number of aldehydes is 1. The van der Waals surface area contributed by atoms with Crippen LogP contribution in [0.1, 0.15) is 70.4 Å². The molecular weight excluding hydrogens is 420 g/mol. The molecule has 3 heteroatoms. The smallest absolute Gasteiger partial charge is 0.250 e. The van der Waals surface area contributed by atoms with Crippen LogP contribution in [0.3, 0.4) is 0 Å². The van der Waals surface area contributed by atoms with E-state index in [0.29, 0.717) is 6.42 Å². The highest BCUT2D eigenvalue weighted by Gasteiger charge is 2.53. The number of rotatable bonds is 6. The predicted octanol–water partition coefficient (Wildman–Crippen LogP) is 7.95. The molecule has 0 unspecified atom stereocenters. The first-order chi connectivity index (χ1) is 15.6. The van der Waals surface area contributed by atoms with Gasteiger partial charge in [0.2, 0.25) is 8.32 Å². The highest BCUT2D eigenvalue weighted by atomic mass is 28.4. The first kappa shape index (κ1) is 22.9. The maximum atomic E-state index is 11.1. The van der Waals surface area contributed by atoms with Crippen LogP contribution in [0, 0.1) is 17.8 Å². The van der Waals surface area contributed by atoms with Crippen LogP contribution >= 0.6 is 0 Å². The van der Waals surface area contributed by atoms with Crippen molar-refractivity contribution >= 4 is 14.6 Å². The van der Waals surface area contributed by atoms with E-state index in [-0.39, 0.29) is 10.5 Å². The zero-order valence-corrected chi connectivity index (χ0v) is 22.1. The molecule has 0 N–H and O–H groups in total. The zero-order valence-electron chi connectivity index (χ0n) is 21.1. The normalized spacial score (nSPS) is 28.7. The van der Waals surface area contributed by atoms with Crippen molar-refractivity contribution in [3.63, 3.8) is 0 Å². The molecule has 4 saturated carbocycles. The summed E-state index contributed by atoms with van der Waals surface area (Å²) in [6.45, 7) is 11.7. The molecule has 0 heterocycles. The fraction of sp³-hybridized carbons (Fsp3) is 0.567. The van der Waals surface area contributed by atoms with Crippen LogP contribution in [0.15, 0.2) is 42.5 Å². The summed E-state index contributed by atoms with van der Waals surface area (Å²) >= 11 is 0. The van der Waals surface area contributed by atoms with Gasteiger partial charge in [0.15, 0.2) is 0 Å². The van der Waals surface area contributed by atoms with Gasteiger partial charge in [-0.15, -0.1) is 0 Å². The van der Waals surface area contributed by atoms with Gasteiger partial charge in [0, 0.05) is 6.42 Å². The van der Waals surface area contributed by atoms with Gasteiger partial charge in [-0.05, 0) is 114 Å². The average molecular weight is 461 g/mol. The summed E-state index contributed by atoms with van der Waals surface area (Å²) in [6, 6.07) is 15.5. The summed E-state index contributed by atoms with van der Waals surface area (Å²) in [6.07, 6.45) is 9.82. The number of hydrogen-bond donors (Lipinski definition) is 0. The molecule has 176 valence electrons. The molecule has 4 aliphatic carbocycles. The predicted molar refractivity (Wildman–Crippen MR) is 139 cm³/mol. The maximum absolute atomic E-state index is 11.1. The minimum Gasteiger partial charge on any atom is -0.543 e. The van der Waals surface area contributed by atoms with E-state index in [1.807, 2.05) is 6.07 Å². The molecule has 2 aromatic rings. The third-order valence-electron chi connectivity index (χ3n) is 9.34. The van der Waals surface area contributed by atoms with Crippen molar-refractivity contribution in [1.29, 1.82) is 0 Å². The molecule has 0 radical (unpaired) electrons. The monoisotopic (exact) mass is 460 g/mol. The van der Waals surface area contributed by atoms with Crippen LogP contribution in [0.5, 0.6) is 5.75 Å². The second-order valence-electron chi connectivity index (χ2n) is 12.8. The number of carbonyl (C=O) groups excluding carboxylic acids is 1. The van der Waals surface area contributed by atoms with Crippen LogP contribution in [0.2, 0.25) is 18.1 Å². The fourth-order valence-corrected chi connectivity index (χ4v) is 8.09. The first-order valence-electron chi connectivity index (χ1n) is 13.0. The highest BCUT2D eigenvalue weighted by Crippen LogP contribution is 2.62. The Balaban J connectivity index is 1.60. The van der Waals surface area contributed by atoms with Gasteiger partial charge < -0.3 is 9.22 Å². The lowest BCUT2D eigenvalue weighted by Crippen LogP contribution is -2.49. The van der Waals surface area contributed by atoms with Gasteiger partial charge in [0.05, 0.1) is 0 Å². The number of hydrogen-bond acceptors (Lipinski definition) is 2.